The van der Waals surface area contributed by atoms with Crippen molar-refractivity contribution in [1.82, 2.24) is 5.32 Å². The topological polar surface area (TPSA) is 24.4 Å². The highest BCUT2D eigenvalue weighted by molar-refractivity contribution is 8.14. The first kappa shape index (κ1) is 12.5. The van der Waals surface area contributed by atoms with Gasteiger partial charge in [0, 0.05) is 6.54 Å². The summed E-state index contributed by atoms with van der Waals surface area (Å²) in [4.78, 5) is 4.56. The number of benzene rings is 1. The maximum Gasteiger partial charge on any atom is 0.157 e. The van der Waals surface area contributed by atoms with Crippen molar-refractivity contribution < 1.29 is 0 Å². The summed E-state index contributed by atoms with van der Waals surface area (Å²) in [5, 5.41) is 5.05. The van der Waals surface area contributed by atoms with Crippen LogP contribution in [0.15, 0.2) is 35.3 Å². The summed E-state index contributed by atoms with van der Waals surface area (Å²) in [6, 6.07) is 10.6. The van der Waals surface area contributed by atoms with Gasteiger partial charge in [-0.1, -0.05) is 61.9 Å². The van der Waals surface area contributed by atoms with E-state index < -0.39 is 0 Å². The monoisotopic (exact) mass is 248 g/mol. The Bertz CT molecular complexity index is 362. The molecule has 0 saturated carbocycles. The van der Waals surface area contributed by atoms with Crippen LogP contribution < -0.4 is 5.32 Å². The van der Waals surface area contributed by atoms with Crippen molar-refractivity contribution in [2.24, 2.45) is 4.99 Å². The van der Waals surface area contributed by atoms with Crippen molar-refractivity contribution in [2.45, 2.75) is 31.4 Å². The van der Waals surface area contributed by atoms with E-state index in [0.29, 0.717) is 5.25 Å². The van der Waals surface area contributed by atoms with Crippen LogP contribution in [0.2, 0.25) is 0 Å². The number of hydrogen-bond acceptors (Lipinski definition) is 3. The minimum absolute atomic E-state index is 0.505. The molecular weight excluding hydrogens is 228 g/mol. The zero-order valence-electron chi connectivity index (χ0n) is 10.4. The van der Waals surface area contributed by atoms with E-state index in [-0.39, 0.29) is 0 Å². The summed E-state index contributed by atoms with van der Waals surface area (Å²) in [6.07, 6.45) is 3.81. The molecule has 1 aromatic carbocycles. The summed E-state index contributed by atoms with van der Waals surface area (Å²) in [6.45, 7) is 4.19. The molecule has 0 aliphatic carbocycles. The molecule has 92 valence electrons. The quantitative estimate of drug-likeness (QED) is 0.805. The van der Waals surface area contributed by atoms with Crippen molar-refractivity contribution in [2.75, 3.05) is 13.1 Å². The minimum Gasteiger partial charge on any atom is -0.365 e. The molecule has 1 heterocycles. The lowest BCUT2D eigenvalue weighted by atomic mass is 10.1. The molecule has 1 aliphatic heterocycles. The second-order valence-corrected chi connectivity index (χ2v) is 5.49. The molecule has 0 saturated heterocycles. The Morgan fingerprint density at radius 2 is 2.12 bits per heavy atom. The molecule has 1 N–H and O–H groups in total. The van der Waals surface area contributed by atoms with Gasteiger partial charge >= 0.3 is 0 Å². The third-order valence-corrected chi connectivity index (χ3v) is 4.08. The molecule has 1 aromatic rings. The minimum atomic E-state index is 0.505. The predicted octanol–water partition coefficient (Wildman–Crippen LogP) is 3.61. The first-order valence-corrected chi connectivity index (χ1v) is 7.28. The molecule has 0 radical (unpaired) electrons. The standard InChI is InChI=1S/C14H20N2S/c1-2-3-7-10-15-14-16-11-13(17-14)12-8-5-4-6-9-12/h4-6,8-9,13H,2-3,7,10-11H2,1H3,(H,15,16)/t13-/m1/s1. The average Bonchev–Trinajstić information content (AvgIpc) is 2.85. The van der Waals surface area contributed by atoms with Gasteiger partial charge in [0.1, 0.15) is 0 Å². The molecular formula is C14H20N2S. The summed E-state index contributed by atoms with van der Waals surface area (Å²) in [7, 11) is 0. The highest BCUT2D eigenvalue weighted by Gasteiger charge is 2.20. The fraction of sp³-hybridized carbons (Fsp3) is 0.500. The van der Waals surface area contributed by atoms with Crippen LogP contribution in [0, 0.1) is 0 Å². The maximum atomic E-state index is 4.56. The van der Waals surface area contributed by atoms with Crippen molar-refractivity contribution in [3.05, 3.63) is 35.9 Å². The van der Waals surface area contributed by atoms with Gasteiger partial charge in [0.2, 0.25) is 0 Å². The molecule has 17 heavy (non-hydrogen) atoms. The fourth-order valence-electron chi connectivity index (χ4n) is 1.88. The molecule has 2 nitrogen and oxygen atoms in total. The molecule has 3 heteroatoms. The first-order valence-electron chi connectivity index (χ1n) is 6.40. The lowest BCUT2D eigenvalue weighted by molar-refractivity contribution is 0.698. The summed E-state index contributed by atoms with van der Waals surface area (Å²) in [5.41, 5.74) is 1.38. The van der Waals surface area contributed by atoms with Crippen LogP contribution in [0.4, 0.5) is 0 Å². The molecule has 0 amide bonds. The van der Waals surface area contributed by atoms with Gasteiger partial charge in [0.15, 0.2) is 5.17 Å². The molecule has 0 spiro atoms. The predicted molar refractivity (Wildman–Crippen MR) is 76.6 cm³/mol. The van der Waals surface area contributed by atoms with Gasteiger partial charge in [-0.15, -0.1) is 0 Å². The number of aliphatic imine (C=N–C) groups is 1. The lowest BCUT2D eigenvalue weighted by Crippen LogP contribution is -2.20. The van der Waals surface area contributed by atoms with Crippen molar-refractivity contribution in [3.63, 3.8) is 0 Å². The van der Waals surface area contributed by atoms with Gasteiger partial charge in [-0.3, -0.25) is 4.99 Å². The van der Waals surface area contributed by atoms with Crippen LogP contribution in [0.25, 0.3) is 0 Å². The van der Waals surface area contributed by atoms with Crippen LogP contribution in [-0.2, 0) is 0 Å². The van der Waals surface area contributed by atoms with E-state index in [2.05, 4.69) is 47.6 Å². The maximum absolute atomic E-state index is 4.56. The molecule has 2 rings (SSSR count). The normalized spacial score (nSPS) is 19.1. The highest BCUT2D eigenvalue weighted by Crippen LogP contribution is 2.33. The van der Waals surface area contributed by atoms with Crippen LogP contribution in [-0.4, -0.2) is 18.3 Å². The molecule has 0 aromatic heterocycles. The van der Waals surface area contributed by atoms with E-state index in [4.69, 9.17) is 0 Å². The van der Waals surface area contributed by atoms with Crippen LogP contribution in [0.3, 0.4) is 0 Å². The number of nitrogens with one attached hydrogen (secondary N) is 1. The summed E-state index contributed by atoms with van der Waals surface area (Å²) in [5.74, 6) is 0. The number of nitrogens with zero attached hydrogens (tertiary/aromatic N) is 1. The highest BCUT2D eigenvalue weighted by atomic mass is 32.2. The van der Waals surface area contributed by atoms with Crippen molar-refractivity contribution in [1.29, 1.82) is 0 Å². The Morgan fingerprint density at radius 1 is 1.29 bits per heavy atom. The number of amidine groups is 1. The lowest BCUT2D eigenvalue weighted by Gasteiger charge is -2.09. The Labute approximate surface area is 108 Å². The number of thioether (sulfide) groups is 1. The van der Waals surface area contributed by atoms with E-state index in [1.165, 1.54) is 24.8 Å². The Balaban J connectivity index is 1.75. The zero-order valence-corrected chi connectivity index (χ0v) is 11.2. The molecule has 0 fully saturated rings. The first-order chi connectivity index (χ1) is 8.40. The van der Waals surface area contributed by atoms with Gasteiger partial charge in [-0.05, 0) is 12.0 Å². The van der Waals surface area contributed by atoms with E-state index in [1.54, 1.807) is 0 Å². The van der Waals surface area contributed by atoms with E-state index in [1.807, 2.05) is 11.8 Å². The van der Waals surface area contributed by atoms with Crippen LogP contribution >= 0.6 is 11.8 Å². The van der Waals surface area contributed by atoms with Gasteiger partial charge in [-0.2, -0.15) is 0 Å². The number of hydrogen-bond donors (Lipinski definition) is 1. The second kappa shape index (κ2) is 6.70. The Morgan fingerprint density at radius 3 is 2.88 bits per heavy atom. The second-order valence-electron chi connectivity index (χ2n) is 4.30. The van der Waals surface area contributed by atoms with E-state index >= 15 is 0 Å². The number of unbranched alkanes of at least 4 members (excludes halogenated alkanes) is 2. The Hall–Kier alpha value is -0.960. The number of rotatable bonds is 5. The summed E-state index contributed by atoms with van der Waals surface area (Å²) < 4.78 is 0. The van der Waals surface area contributed by atoms with Gasteiger partial charge in [0.05, 0.1) is 11.8 Å². The van der Waals surface area contributed by atoms with Gasteiger partial charge in [0.25, 0.3) is 0 Å². The molecule has 0 bridgehead atoms. The van der Waals surface area contributed by atoms with Crippen LogP contribution in [0.5, 0.6) is 0 Å². The molecule has 0 unspecified atom stereocenters. The molecule has 1 aliphatic rings. The summed E-state index contributed by atoms with van der Waals surface area (Å²) >= 11 is 1.86. The fourth-order valence-corrected chi connectivity index (χ4v) is 2.93. The average molecular weight is 248 g/mol. The van der Waals surface area contributed by atoms with Gasteiger partial charge < -0.3 is 5.32 Å². The van der Waals surface area contributed by atoms with Gasteiger partial charge in [-0.25, -0.2) is 0 Å². The third-order valence-electron chi connectivity index (χ3n) is 2.88. The van der Waals surface area contributed by atoms with Crippen molar-refractivity contribution in [3.8, 4) is 0 Å². The third kappa shape index (κ3) is 3.77. The Kier molecular flexibility index (Phi) is 4.92. The smallest absolute Gasteiger partial charge is 0.157 e. The van der Waals surface area contributed by atoms with Crippen LogP contribution in [0.1, 0.15) is 37.0 Å². The van der Waals surface area contributed by atoms with E-state index in [0.717, 1.165) is 18.3 Å². The zero-order chi connectivity index (χ0) is 11.9. The van der Waals surface area contributed by atoms with Crippen molar-refractivity contribution >= 4 is 16.9 Å². The largest absolute Gasteiger partial charge is 0.365 e. The van der Waals surface area contributed by atoms with E-state index in [9.17, 15) is 0 Å². The molecule has 1 atom stereocenters. The SMILES string of the molecule is CCCCCNC1=NC[C@H](c2ccccc2)S1.